The molecule has 3 aliphatic rings. The molecule has 2 fully saturated rings. The highest BCUT2D eigenvalue weighted by Gasteiger charge is 2.40. The van der Waals surface area contributed by atoms with E-state index in [1.54, 1.807) is 0 Å². The maximum absolute atomic E-state index is 16.3. The van der Waals surface area contributed by atoms with Crippen molar-refractivity contribution in [3.05, 3.63) is 64.3 Å². The summed E-state index contributed by atoms with van der Waals surface area (Å²) in [5, 5.41) is 1.45. The van der Waals surface area contributed by atoms with Crippen LogP contribution >= 0.6 is 0 Å². The van der Waals surface area contributed by atoms with Crippen LogP contribution in [0.15, 0.2) is 36.3 Å². The Bertz CT molecular complexity index is 2140. The highest BCUT2D eigenvalue weighted by molar-refractivity contribution is 6.05. The summed E-state index contributed by atoms with van der Waals surface area (Å²) in [5.41, 5.74) is -6.30. The van der Waals surface area contributed by atoms with Gasteiger partial charge >= 0.3 is 0 Å². The van der Waals surface area contributed by atoms with Gasteiger partial charge in [-0.2, -0.15) is 0 Å². The van der Waals surface area contributed by atoms with Crippen molar-refractivity contribution in [3.63, 3.8) is 0 Å². The van der Waals surface area contributed by atoms with Crippen molar-refractivity contribution >= 4 is 17.7 Å². The fourth-order valence-corrected chi connectivity index (χ4v) is 2.77. The highest BCUT2D eigenvalue weighted by atomic mass is 19.1. The van der Waals surface area contributed by atoms with Crippen molar-refractivity contribution in [1.82, 2.24) is 15.1 Å². The van der Waals surface area contributed by atoms with E-state index in [0.717, 1.165) is 0 Å². The summed E-state index contributed by atoms with van der Waals surface area (Å²) in [6.45, 7) is -27.8. The normalized spacial score (nSPS) is 42.4. The Morgan fingerprint density at radius 3 is 2.88 bits per heavy atom. The molecule has 0 radical (unpaired) electrons. The van der Waals surface area contributed by atoms with Crippen LogP contribution in [0.2, 0.25) is 0 Å². The number of carbonyl (C=O) groups excluding carboxylic acids is 3. The van der Waals surface area contributed by atoms with Crippen molar-refractivity contribution in [1.29, 1.82) is 0 Å². The van der Waals surface area contributed by atoms with Crippen LogP contribution in [-0.4, -0.2) is 59.7 Å². The van der Waals surface area contributed by atoms with Crippen LogP contribution in [0.5, 0.6) is 5.75 Å². The van der Waals surface area contributed by atoms with Gasteiger partial charge in [-0.1, -0.05) is 18.1 Å². The molecule has 2 aromatic carbocycles. The molecule has 0 aliphatic carbocycles. The maximum Gasteiger partial charge on any atom is 0.255 e. The Kier molecular flexibility index (Phi) is 2.20. The molecular weight excluding hydrogens is 441 g/mol. The van der Waals surface area contributed by atoms with Crippen LogP contribution in [0.3, 0.4) is 0 Å². The summed E-state index contributed by atoms with van der Waals surface area (Å²) >= 11 is 0. The first-order chi connectivity index (χ1) is 25.7. The van der Waals surface area contributed by atoms with E-state index in [1.807, 2.05) is 0 Å². The Hall–Kier alpha value is -3.30. The number of ether oxygens (including phenoxy) is 2. The molecule has 2 aromatic rings. The van der Waals surface area contributed by atoms with Gasteiger partial charge in [-0.3, -0.25) is 24.6 Å². The van der Waals surface area contributed by atoms with E-state index in [0.29, 0.717) is 0 Å². The fourth-order valence-electron chi connectivity index (χ4n) is 2.77. The zero-order valence-electron chi connectivity index (χ0n) is 40.4. The molecule has 0 aromatic heterocycles. The summed E-state index contributed by atoms with van der Waals surface area (Å²) in [4.78, 5) is 37.8. The molecular formula is C25H26FN3O5. The molecule has 34 heavy (non-hydrogen) atoms. The van der Waals surface area contributed by atoms with Gasteiger partial charge in [0.05, 0.1) is 38.8 Å². The van der Waals surface area contributed by atoms with Gasteiger partial charge in [0.2, 0.25) is 11.8 Å². The first kappa shape index (κ1) is 7.86. The van der Waals surface area contributed by atoms with Crippen LogP contribution in [-0.2, 0) is 33.9 Å². The Labute approximate surface area is 230 Å². The lowest BCUT2D eigenvalue weighted by atomic mass is 10.0. The number of nitrogens with zero attached hydrogens (tertiary/aromatic N) is 2. The average molecular weight is 492 g/mol. The number of nitrogens with one attached hydrogen (secondary N) is 1. The lowest BCUT2D eigenvalue weighted by Gasteiger charge is -2.29. The van der Waals surface area contributed by atoms with Crippen LogP contribution in [0.4, 0.5) is 4.39 Å². The molecule has 0 saturated carbocycles. The maximum atomic E-state index is 16.3. The minimum Gasteiger partial charge on any atom is -0.488 e. The summed E-state index contributed by atoms with van der Waals surface area (Å²) in [7, 11) is 0. The minimum absolute atomic E-state index is 0.290. The molecule has 5 rings (SSSR count). The van der Waals surface area contributed by atoms with E-state index in [2.05, 4.69) is 4.74 Å². The number of fused-ring (bicyclic) bond motifs is 1. The van der Waals surface area contributed by atoms with E-state index in [-0.39, 0.29) is 4.90 Å². The highest BCUT2D eigenvalue weighted by Crippen LogP contribution is 2.34. The monoisotopic (exact) mass is 491 g/mol. The van der Waals surface area contributed by atoms with Crippen LogP contribution < -0.4 is 10.1 Å². The van der Waals surface area contributed by atoms with Crippen LogP contribution in [0.1, 0.15) is 72.7 Å². The van der Waals surface area contributed by atoms with Gasteiger partial charge in [0, 0.05) is 56.3 Å². The lowest BCUT2D eigenvalue weighted by Crippen LogP contribution is -2.52. The topological polar surface area (TPSA) is 88.2 Å². The van der Waals surface area contributed by atoms with E-state index < -0.39 is 157 Å². The molecule has 3 heterocycles. The van der Waals surface area contributed by atoms with Crippen molar-refractivity contribution in [2.75, 3.05) is 26.1 Å². The van der Waals surface area contributed by atoms with E-state index >= 15 is 4.39 Å². The minimum atomic E-state index is -4.16. The Balaban J connectivity index is 1.71. The van der Waals surface area contributed by atoms with Gasteiger partial charge in [0.25, 0.3) is 5.91 Å². The molecule has 9 heteroatoms. The Morgan fingerprint density at radius 2 is 2.06 bits per heavy atom. The van der Waals surface area contributed by atoms with Gasteiger partial charge in [0.1, 0.15) is 24.2 Å². The number of carbonyl (C=O) groups is 3. The van der Waals surface area contributed by atoms with Gasteiger partial charge in [0.15, 0.2) is 0 Å². The number of amides is 3. The van der Waals surface area contributed by atoms with Crippen LogP contribution in [0, 0.1) is 5.82 Å². The first-order valence-corrected chi connectivity index (χ1v) is 9.07. The number of halogens is 1. The summed E-state index contributed by atoms with van der Waals surface area (Å²) in [6.07, 6.45) is -7.37. The van der Waals surface area contributed by atoms with Gasteiger partial charge < -0.3 is 14.4 Å². The predicted molar refractivity (Wildman–Crippen MR) is 119 cm³/mol. The number of hydrogen-bond acceptors (Lipinski definition) is 6. The number of benzene rings is 2. The Morgan fingerprint density at radius 1 is 1.24 bits per heavy atom. The third-order valence-corrected chi connectivity index (χ3v) is 4.23. The summed E-state index contributed by atoms with van der Waals surface area (Å²) in [6, 6.07) is -12.4. The third-order valence-electron chi connectivity index (χ3n) is 4.23. The first-order valence-electron chi connectivity index (χ1n) is 21.1. The molecule has 178 valence electrons. The van der Waals surface area contributed by atoms with Gasteiger partial charge in [-0.05, 0) is 30.1 Å². The number of hydrogen-bond donors (Lipinski definition) is 1. The second-order valence-electron chi connectivity index (χ2n) is 6.35. The lowest BCUT2D eigenvalue weighted by molar-refractivity contribution is -0.136. The zero-order valence-corrected chi connectivity index (χ0v) is 16.4. The number of piperidine rings is 1. The quantitative estimate of drug-likeness (QED) is 0.622. The summed E-state index contributed by atoms with van der Waals surface area (Å²) in [5.74, 6) is -9.32. The summed E-state index contributed by atoms with van der Waals surface area (Å²) < 4.78 is 224. The van der Waals surface area contributed by atoms with Crippen LogP contribution in [0.25, 0.3) is 0 Å². The van der Waals surface area contributed by atoms with E-state index in [1.165, 1.54) is 5.32 Å². The van der Waals surface area contributed by atoms with E-state index in [9.17, 15) is 14.4 Å². The van der Waals surface area contributed by atoms with Crippen molar-refractivity contribution in [2.24, 2.45) is 0 Å². The molecule has 1 atom stereocenters. The number of rotatable bonds is 6. The zero-order chi connectivity index (χ0) is 45.0. The molecule has 3 aliphatic heterocycles. The van der Waals surface area contributed by atoms with Crippen molar-refractivity contribution < 1.29 is 61.1 Å². The fraction of sp³-hybridized carbons (Fsp3) is 0.400. The molecule has 0 spiro atoms. The van der Waals surface area contributed by atoms with Gasteiger partial charge in [-0.15, -0.1) is 0 Å². The largest absolute Gasteiger partial charge is 0.488 e. The SMILES string of the molecule is [2H]c1c([2H])c(OC([2H])([2H])c2c([2H])c([2H])c(C([2H])([2H])N3C([2H])([2H])C([2H])([2H])OC([2H])([2H])C3([2H])[2H])c([2H])c2F)c2c(c1[2H])C(=O)N([C@@H]1C(=O)NC(=O)C([2H])([2H])C1([2H])[2H])C2([2H])[2H]. The standard InChI is InChI=1S/C25H26FN3O5/c26-20-12-16(13-28-8-10-33-11-9-28)4-5-17(20)15-34-22-3-1-2-18-19(22)14-29(25(18)32)21-6-7-23(30)27-24(21)31/h1-5,12,21H,6-11,13-15H2,(H,27,30,31)/t21-/m0/s1/i1D,2D,3D,4D,5D,6D2,7D2,8D2,9D2,10D2,11D2,12D,13D2,14D2,15D2. The third kappa shape index (κ3) is 4.53. The average Bonchev–Trinajstić information content (AvgIpc) is 3.23. The molecule has 2 saturated heterocycles. The van der Waals surface area contributed by atoms with Crippen molar-refractivity contribution in [2.45, 2.75) is 38.3 Å². The molecule has 3 amide bonds. The molecule has 8 nitrogen and oxygen atoms in total. The molecule has 0 unspecified atom stereocenters. The van der Waals surface area contributed by atoms with E-state index in [4.69, 9.17) is 37.6 Å². The predicted octanol–water partition coefficient (Wildman–Crippen LogP) is 2.00. The second kappa shape index (κ2) is 9.52. The smallest absolute Gasteiger partial charge is 0.255 e. The van der Waals surface area contributed by atoms with Crippen molar-refractivity contribution in [3.8, 4) is 5.75 Å². The second-order valence-corrected chi connectivity index (χ2v) is 6.35. The molecule has 0 bridgehead atoms. The number of morpholine rings is 1. The molecule has 1 N–H and O–H groups in total. The van der Waals surface area contributed by atoms with Gasteiger partial charge in [-0.25, -0.2) is 4.39 Å². The number of imide groups is 1.